The molecule has 1 aromatic heterocycles. The van der Waals surface area contributed by atoms with Crippen LogP contribution in [0, 0.1) is 0 Å². The van der Waals surface area contributed by atoms with Crippen LogP contribution in [0.15, 0.2) is 22.9 Å². The van der Waals surface area contributed by atoms with Crippen molar-refractivity contribution in [2.45, 2.75) is 19.4 Å². The lowest BCUT2D eigenvalue weighted by atomic mass is 10.3. The minimum absolute atomic E-state index is 0.147. The van der Waals surface area contributed by atoms with Gasteiger partial charge < -0.3 is 14.8 Å². The first kappa shape index (κ1) is 14.9. The molecule has 0 aromatic carbocycles. The first-order valence-electron chi connectivity index (χ1n) is 5.67. The lowest BCUT2D eigenvalue weighted by Gasteiger charge is -2.14. The molecule has 0 aliphatic carbocycles. The molecule has 1 amide bonds. The van der Waals surface area contributed by atoms with Crippen molar-refractivity contribution in [3.63, 3.8) is 0 Å². The SMILES string of the molecule is COCCCNC(=O)C(C)Oc1cncc(Br)c1. The van der Waals surface area contributed by atoms with Gasteiger partial charge in [0.1, 0.15) is 5.75 Å². The number of pyridine rings is 1. The normalized spacial score (nSPS) is 11.9. The lowest BCUT2D eigenvalue weighted by Crippen LogP contribution is -2.37. The summed E-state index contributed by atoms with van der Waals surface area (Å²) in [6.45, 7) is 2.91. The van der Waals surface area contributed by atoms with Gasteiger partial charge >= 0.3 is 0 Å². The van der Waals surface area contributed by atoms with Gasteiger partial charge in [0.05, 0.1) is 6.20 Å². The van der Waals surface area contributed by atoms with E-state index >= 15 is 0 Å². The quantitative estimate of drug-likeness (QED) is 0.779. The van der Waals surface area contributed by atoms with Gasteiger partial charge in [-0.05, 0) is 35.3 Å². The third-order valence-corrected chi connectivity index (χ3v) is 2.62. The molecule has 0 saturated heterocycles. The summed E-state index contributed by atoms with van der Waals surface area (Å²) in [6, 6.07) is 1.77. The second-order valence-electron chi connectivity index (χ2n) is 3.74. The molecule has 18 heavy (non-hydrogen) atoms. The number of amides is 1. The Kier molecular flexibility index (Phi) is 6.67. The van der Waals surface area contributed by atoms with Crippen molar-refractivity contribution < 1.29 is 14.3 Å². The van der Waals surface area contributed by atoms with Gasteiger partial charge in [0.15, 0.2) is 6.10 Å². The van der Waals surface area contributed by atoms with E-state index < -0.39 is 6.10 Å². The zero-order valence-corrected chi connectivity index (χ0v) is 12.1. The zero-order chi connectivity index (χ0) is 13.4. The largest absolute Gasteiger partial charge is 0.479 e. The summed E-state index contributed by atoms with van der Waals surface area (Å²) < 4.78 is 11.2. The molecule has 1 heterocycles. The van der Waals surface area contributed by atoms with Crippen LogP contribution in [-0.4, -0.2) is 37.3 Å². The molecular formula is C12H17BrN2O3. The Morgan fingerprint density at radius 3 is 3.00 bits per heavy atom. The van der Waals surface area contributed by atoms with Crippen LogP contribution in [0.5, 0.6) is 5.75 Å². The second-order valence-corrected chi connectivity index (χ2v) is 4.65. The molecular weight excluding hydrogens is 300 g/mol. The van der Waals surface area contributed by atoms with E-state index in [1.165, 1.54) is 0 Å². The number of hydrogen-bond acceptors (Lipinski definition) is 4. The summed E-state index contributed by atoms with van der Waals surface area (Å²) >= 11 is 3.29. The van der Waals surface area contributed by atoms with Crippen molar-refractivity contribution >= 4 is 21.8 Å². The number of methoxy groups -OCH3 is 1. The van der Waals surface area contributed by atoms with Gasteiger partial charge in [-0.15, -0.1) is 0 Å². The van der Waals surface area contributed by atoms with Gasteiger partial charge in [-0.2, -0.15) is 0 Å². The molecule has 1 atom stereocenters. The van der Waals surface area contributed by atoms with E-state index in [-0.39, 0.29) is 5.91 Å². The summed E-state index contributed by atoms with van der Waals surface area (Å²) in [5.41, 5.74) is 0. The Hall–Kier alpha value is -1.14. The van der Waals surface area contributed by atoms with E-state index in [4.69, 9.17) is 9.47 Å². The molecule has 0 fully saturated rings. The third kappa shape index (κ3) is 5.46. The number of nitrogens with one attached hydrogen (secondary N) is 1. The zero-order valence-electron chi connectivity index (χ0n) is 10.5. The first-order chi connectivity index (χ1) is 8.63. The van der Waals surface area contributed by atoms with Gasteiger partial charge in [0.25, 0.3) is 5.91 Å². The van der Waals surface area contributed by atoms with Crippen molar-refractivity contribution in [3.05, 3.63) is 22.9 Å². The number of carbonyl (C=O) groups excluding carboxylic acids is 1. The number of ether oxygens (including phenoxy) is 2. The van der Waals surface area contributed by atoms with E-state index in [1.807, 2.05) is 0 Å². The van der Waals surface area contributed by atoms with Crippen molar-refractivity contribution in [3.8, 4) is 5.75 Å². The minimum Gasteiger partial charge on any atom is -0.479 e. The molecule has 0 aliphatic heterocycles. The maximum atomic E-state index is 11.7. The molecule has 0 saturated carbocycles. The number of rotatable bonds is 7. The van der Waals surface area contributed by atoms with Gasteiger partial charge in [0.2, 0.25) is 0 Å². The Morgan fingerprint density at radius 2 is 2.33 bits per heavy atom. The summed E-state index contributed by atoms with van der Waals surface area (Å²) in [6.07, 6.45) is 3.46. The number of hydrogen-bond donors (Lipinski definition) is 1. The number of halogens is 1. The summed E-state index contributed by atoms with van der Waals surface area (Å²) in [4.78, 5) is 15.6. The van der Waals surface area contributed by atoms with Crippen LogP contribution >= 0.6 is 15.9 Å². The molecule has 1 rings (SSSR count). The van der Waals surface area contributed by atoms with Crippen molar-refractivity contribution in [2.75, 3.05) is 20.3 Å². The van der Waals surface area contributed by atoms with Gasteiger partial charge in [0, 0.05) is 30.9 Å². The average Bonchev–Trinajstić information content (AvgIpc) is 2.34. The van der Waals surface area contributed by atoms with Gasteiger partial charge in [-0.25, -0.2) is 0 Å². The molecule has 1 aromatic rings. The number of aromatic nitrogens is 1. The maximum absolute atomic E-state index is 11.7. The van der Waals surface area contributed by atoms with Crippen molar-refractivity contribution in [1.29, 1.82) is 0 Å². The summed E-state index contributed by atoms with van der Waals surface area (Å²) in [5, 5.41) is 2.78. The predicted octanol–water partition coefficient (Wildman–Crippen LogP) is 1.76. The van der Waals surface area contributed by atoms with Crippen LogP contribution in [0.2, 0.25) is 0 Å². The highest BCUT2D eigenvalue weighted by Crippen LogP contribution is 2.16. The monoisotopic (exact) mass is 316 g/mol. The molecule has 0 aliphatic rings. The molecule has 0 radical (unpaired) electrons. The van der Waals surface area contributed by atoms with Gasteiger partial charge in [-0.3, -0.25) is 9.78 Å². The maximum Gasteiger partial charge on any atom is 0.260 e. The van der Waals surface area contributed by atoms with Crippen LogP contribution in [0.25, 0.3) is 0 Å². The van der Waals surface area contributed by atoms with E-state index in [9.17, 15) is 4.79 Å². The standard InChI is InChI=1S/C12H17BrN2O3/c1-9(12(16)15-4-3-5-17-2)18-11-6-10(13)7-14-8-11/h6-9H,3-5H2,1-2H3,(H,15,16). The van der Waals surface area contributed by atoms with E-state index in [1.54, 1.807) is 32.5 Å². The average molecular weight is 317 g/mol. The fraction of sp³-hybridized carbons (Fsp3) is 0.500. The third-order valence-electron chi connectivity index (χ3n) is 2.19. The Balaban J connectivity index is 2.35. The van der Waals surface area contributed by atoms with E-state index in [0.717, 1.165) is 10.9 Å². The molecule has 1 N–H and O–H groups in total. The number of carbonyl (C=O) groups is 1. The number of nitrogens with zero attached hydrogens (tertiary/aromatic N) is 1. The van der Waals surface area contributed by atoms with Crippen LogP contribution in [0.4, 0.5) is 0 Å². The first-order valence-corrected chi connectivity index (χ1v) is 6.46. The highest BCUT2D eigenvalue weighted by molar-refractivity contribution is 9.10. The fourth-order valence-electron chi connectivity index (χ4n) is 1.29. The summed E-state index contributed by atoms with van der Waals surface area (Å²) in [5.74, 6) is 0.412. The molecule has 1 unspecified atom stereocenters. The molecule has 5 nitrogen and oxygen atoms in total. The Morgan fingerprint density at radius 1 is 1.56 bits per heavy atom. The van der Waals surface area contributed by atoms with Crippen molar-refractivity contribution in [1.82, 2.24) is 10.3 Å². The van der Waals surface area contributed by atoms with Crippen LogP contribution < -0.4 is 10.1 Å². The predicted molar refractivity (Wildman–Crippen MR) is 71.5 cm³/mol. The Bertz CT molecular complexity index is 387. The Labute approximate surface area is 115 Å². The molecule has 100 valence electrons. The topological polar surface area (TPSA) is 60.5 Å². The second kappa shape index (κ2) is 8.05. The highest BCUT2D eigenvalue weighted by atomic mass is 79.9. The summed E-state index contributed by atoms with van der Waals surface area (Å²) in [7, 11) is 1.63. The van der Waals surface area contributed by atoms with E-state index in [2.05, 4.69) is 26.2 Å². The van der Waals surface area contributed by atoms with Crippen LogP contribution in [0.3, 0.4) is 0 Å². The van der Waals surface area contributed by atoms with Crippen LogP contribution in [-0.2, 0) is 9.53 Å². The lowest BCUT2D eigenvalue weighted by molar-refractivity contribution is -0.127. The van der Waals surface area contributed by atoms with E-state index in [0.29, 0.717) is 18.9 Å². The fourth-order valence-corrected chi connectivity index (χ4v) is 1.63. The smallest absolute Gasteiger partial charge is 0.260 e. The molecule has 6 heteroatoms. The van der Waals surface area contributed by atoms with Crippen LogP contribution in [0.1, 0.15) is 13.3 Å². The highest BCUT2D eigenvalue weighted by Gasteiger charge is 2.14. The van der Waals surface area contributed by atoms with Gasteiger partial charge in [-0.1, -0.05) is 0 Å². The molecule has 0 spiro atoms. The van der Waals surface area contributed by atoms with Crippen molar-refractivity contribution in [2.24, 2.45) is 0 Å². The molecule has 0 bridgehead atoms. The minimum atomic E-state index is -0.552.